The van der Waals surface area contributed by atoms with Gasteiger partial charge in [-0.3, -0.25) is 0 Å². The summed E-state index contributed by atoms with van der Waals surface area (Å²) in [7, 11) is -3.73. The lowest BCUT2D eigenvalue weighted by Crippen LogP contribution is -2.43. The summed E-state index contributed by atoms with van der Waals surface area (Å²) >= 11 is 16.4. The Morgan fingerprint density at radius 1 is 1.42 bits per heavy atom. The minimum atomic E-state index is -3.73. The number of hydrogen-bond acceptors (Lipinski definition) is 3. The first kappa shape index (κ1) is 16.7. The average molecular weight is 341 g/mol. The summed E-state index contributed by atoms with van der Waals surface area (Å²) in [5, 5.41) is 0.465. The van der Waals surface area contributed by atoms with Gasteiger partial charge in [0.2, 0.25) is 10.0 Å². The van der Waals surface area contributed by atoms with Gasteiger partial charge in [0.15, 0.2) is 0 Å². The normalized spacial score (nSPS) is 13.2. The van der Waals surface area contributed by atoms with Crippen LogP contribution in [0.3, 0.4) is 0 Å². The van der Waals surface area contributed by atoms with Crippen LogP contribution >= 0.6 is 35.4 Å². The molecule has 0 radical (unpaired) electrons. The van der Waals surface area contributed by atoms with E-state index in [0.717, 1.165) is 6.42 Å². The van der Waals surface area contributed by atoms with Crippen molar-refractivity contribution in [3.05, 3.63) is 28.2 Å². The van der Waals surface area contributed by atoms with Gasteiger partial charge < -0.3 is 5.73 Å². The molecule has 1 aromatic carbocycles. The summed E-state index contributed by atoms with van der Waals surface area (Å²) in [5.41, 5.74) is 5.52. The Kier molecular flexibility index (Phi) is 6.01. The van der Waals surface area contributed by atoms with E-state index in [1.165, 1.54) is 18.2 Å². The molecule has 0 spiro atoms. The maximum atomic E-state index is 12.2. The third kappa shape index (κ3) is 4.57. The Labute approximate surface area is 128 Å². The Balaban J connectivity index is 3.03. The zero-order valence-corrected chi connectivity index (χ0v) is 13.3. The maximum Gasteiger partial charge on any atom is 0.241 e. The summed E-state index contributed by atoms with van der Waals surface area (Å²) in [5.74, 6) is 0. The number of rotatable bonds is 6. The standard InChI is InChI=1S/C11H14Cl2N2O2S2/c1-2-3-10(11(14)18)15-19(16,17)7-4-5-8(12)9(13)6-7/h4-6,10,15H,2-3H2,1H3,(H2,14,18). The summed E-state index contributed by atoms with van der Waals surface area (Å²) in [6.07, 6.45) is 1.29. The molecule has 0 amide bonds. The highest BCUT2D eigenvalue weighted by molar-refractivity contribution is 7.89. The van der Waals surface area contributed by atoms with E-state index in [4.69, 9.17) is 41.2 Å². The third-order valence-corrected chi connectivity index (χ3v) is 4.91. The van der Waals surface area contributed by atoms with Crippen LogP contribution in [0.2, 0.25) is 10.0 Å². The van der Waals surface area contributed by atoms with Crippen LogP contribution in [0.5, 0.6) is 0 Å². The molecule has 0 fully saturated rings. The van der Waals surface area contributed by atoms with Crippen molar-refractivity contribution in [2.45, 2.75) is 30.7 Å². The molecule has 0 heterocycles. The second kappa shape index (κ2) is 6.85. The van der Waals surface area contributed by atoms with Gasteiger partial charge in [-0.1, -0.05) is 48.8 Å². The molecular formula is C11H14Cl2N2O2S2. The fourth-order valence-electron chi connectivity index (χ4n) is 1.45. The monoisotopic (exact) mass is 340 g/mol. The first-order valence-corrected chi connectivity index (χ1v) is 8.19. The fourth-order valence-corrected chi connectivity index (χ4v) is 3.34. The summed E-state index contributed by atoms with van der Waals surface area (Å²) in [6, 6.07) is 3.52. The molecule has 3 N–H and O–H groups in total. The van der Waals surface area contributed by atoms with Crippen LogP contribution in [0.1, 0.15) is 19.8 Å². The SMILES string of the molecule is CCCC(NS(=O)(=O)c1ccc(Cl)c(Cl)c1)C(N)=S. The van der Waals surface area contributed by atoms with E-state index in [9.17, 15) is 8.42 Å². The van der Waals surface area contributed by atoms with E-state index in [1.807, 2.05) is 6.92 Å². The molecule has 0 saturated heterocycles. The fraction of sp³-hybridized carbons (Fsp3) is 0.364. The highest BCUT2D eigenvalue weighted by Gasteiger charge is 2.22. The smallest absolute Gasteiger partial charge is 0.241 e. The minimum Gasteiger partial charge on any atom is -0.392 e. The molecule has 0 aromatic heterocycles. The molecule has 1 unspecified atom stereocenters. The van der Waals surface area contributed by atoms with Crippen LogP contribution in [0.25, 0.3) is 0 Å². The van der Waals surface area contributed by atoms with Gasteiger partial charge in [-0.25, -0.2) is 13.1 Å². The van der Waals surface area contributed by atoms with Crippen molar-refractivity contribution in [3.63, 3.8) is 0 Å². The third-order valence-electron chi connectivity index (χ3n) is 2.42. The molecule has 106 valence electrons. The Morgan fingerprint density at radius 2 is 2.05 bits per heavy atom. The van der Waals surface area contributed by atoms with Crippen molar-refractivity contribution in [2.24, 2.45) is 5.73 Å². The maximum absolute atomic E-state index is 12.2. The van der Waals surface area contributed by atoms with Gasteiger partial charge in [0.25, 0.3) is 0 Å². The van der Waals surface area contributed by atoms with Crippen molar-refractivity contribution in [3.8, 4) is 0 Å². The van der Waals surface area contributed by atoms with Crippen LogP contribution < -0.4 is 10.5 Å². The lowest BCUT2D eigenvalue weighted by atomic mass is 10.2. The zero-order chi connectivity index (χ0) is 14.6. The minimum absolute atomic E-state index is 0.0271. The highest BCUT2D eigenvalue weighted by Crippen LogP contribution is 2.24. The van der Waals surface area contributed by atoms with Crippen molar-refractivity contribution in [2.75, 3.05) is 0 Å². The van der Waals surface area contributed by atoms with Crippen molar-refractivity contribution < 1.29 is 8.42 Å². The van der Waals surface area contributed by atoms with Crippen LogP contribution in [0, 0.1) is 0 Å². The largest absolute Gasteiger partial charge is 0.392 e. The predicted octanol–water partition coefficient (Wildman–Crippen LogP) is 2.73. The number of sulfonamides is 1. The van der Waals surface area contributed by atoms with E-state index in [2.05, 4.69) is 4.72 Å². The Hall–Kier alpha value is -0.400. The Bertz CT molecular complexity index is 576. The quantitative estimate of drug-likeness (QED) is 0.781. The van der Waals surface area contributed by atoms with Crippen LogP contribution in [0.15, 0.2) is 23.1 Å². The number of nitrogens with two attached hydrogens (primary N) is 1. The van der Waals surface area contributed by atoms with Crippen LogP contribution in [-0.4, -0.2) is 19.4 Å². The number of nitrogens with one attached hydrogen (secondary N) is 1. The van der Waals surface area contributed by atoms with Gasteiger partial charge in [0, 0.05) is 0 Å². The number of hydrogen-bond donors (Lipinski definition) is 2. The van der Waals surface area contributed by atoms with Crippen LogP contribution in [0.4, 0.5) is 0 Å². The molecule has 4 nitrogen and oxygen atoms in total. The summed E-state index contributed by atoms with van der Waals surface area (Å²) < 4.78 is 26.8. The van der Waals surface area contributed by atoms with Crippen molar-refractivity contribution >= 4 is 50.4 Å². The number of halogens is 2. The predicted molar refractivity (Wildman–Crippen MR) is 82.3 cm³/mol. The molecule has 0 saturated carbocycles. The van der Waals surface area contributed by atoms with Crippen molar-refractivity contribution in [1.29, 1.82) is 0 Å². The summed E-state index contributed by atoms with van der Waals surface area (Å²) in [4.78, 5) is 0.143. The van der Waals surface area contributed by atoms with Gasteiger partial charge in [0.1, 0.15) is 0 Å². The van der Waals surface area contributed by atoms with E-state index < -0.39 is 16.1 Å². The van der Waals surface area contributed by atoms with Crippen LogP contribution in [-0.2, 0) is 10.0 Å². The molecule has 1 rings (SSSR count). The first-order valence-electron chi connectivity index (χ1n) is 5.54. The molecule has 8 heteroatoms. The molecule has 1 atom stereocenters. The molecular weight excluding hydrogens is 327 g/mol. The van der Waals surface area contributed by atoms with Gasteiger partial charge in [-0.05, 0) is 24.6 Å². The summed E-state index contributed by atoms with van der Waals surface area (Å²) in [6.45, 7) is 1.92. The molecule has 1 aromatic rings. The molecule has 0 aliphatic rings. The topological polar surface area (TPSA) is 72.2 Å². The highest BCUT2D eigenvalue weighted by atomic mass is 35.5. The zero-order valence-electron chi connectivity index (χ0n) is 10.2. The van der Waals surface area contributed by atoms with Gasteiger partial charge >= 0.3 is 0 Å². The van der Waals surface area contributed by atoms with Crippen molar-refractivity contribution in [1.82, 2.24) is 4.72 Å². The second-order valence-corrected chi connectivity index (χ2v) is 6.94. The van der Waals surface area contributed by atoms with E-state index in [-0.39, 0.29) is 14.9 Å². The van der Waals surface area contributed by atoms with E-state index in [0.29, 0.717) is 11.4 Å². The van der Waals surface area contributed by atoms with Gasteiger partial charge in [0.05, 0.1) is 26.0 Å². The van der Waals surface area contributed by atoms with Gasteiger partial charge in [-0.2, -0.15) is 0 Å². The molecule has 19 heavy (non-hydrogen) atoms. The lowest BCUT2D eigenvalue weighted by molar-refractivity contribution is 0.567. The number of benzene rings is 1. The number of thiocarbonyl (C=S) groups is 1. The second-order valence-electron chi connectivity index (χ2n) is 3.94. The first-order chi connectivity index (χ1) is 8.77. The molecule has 0 aliphatic carbocycles. The average Bonchev–Trinajstić information content (AvgIpc) is 2.31. The molecule has 0 aliphatic heterocycles. The lowest BCUT2D eigenvalue weighted by Gasteiger charge is -2.16. The molecule has 0 bridgehead atoms. The van der Waals surface area contributed by atoms with E-state index >= 15 is 0 Å². The Morgan fingerprint density at radius 3 is 2.53 bits per heavy atom. The van der Waals surface area contributed by atoms with E-state index in [1.54, 1.807) is 0 Å². The van der Waals surface area contributed by atoms with Gasteiger partial charge in [-0.15, -0.1) is 0 Å².